The van der Waals surface area contributed by atoms with Crippen molar-refractivity contribution in [1.29, 1.82) is 0 Å². The van der Waals surface area contributed by atoms with Gasteiger partial charge in [0.15, 0.2) is 15.0 Å². The number of morpholine rings is 1. The molecular weight excluding hydrogens is 510 g/mol. The third-order valence-corrected chi connectivity index (χ3v) is 9.65. The summed E-state index contributed by atoms with van der Waals surface area (Å²) in [5, 5.41) is 0.494. The van der Waals surface area contributed by atoms with Crippen LogP contribution in [0.15, 0.2) is 41.3 Å². The fraction of sp³-hybridized carbons (Fsp3) is 0.417. The number of nitrogens with zero attached hydrogens (tertiary/aromatic N) is 3. The number of carbonyl (C=O) groups excluding carboxylic acids is 1. The monoisotopic (exact) mass is 537 g/mol. The molecule has 1 saturated heterocycles. The van der Waals surface area contributed by atoms with Gasteiger partial charge in [-0.25, -0.2) is 13.4 Å². The van der Waals surface area contributed by atoms with Gasteiger partial charge in [0, 0.05) is 31.7 Å². The third-order valence-electron chi connectivity index (χ3n) is 5.94. The molecule has 1 aliphatic heterocycles. The highest BCUT2D eigenvalue weighted by Crippen LogP contribution is 2.39. The summed E-state index contributed by atoms with van der Waals surface area (Å²) in [5.74, 6) is 0.316. The number of sulfone groups is 1. The fourth-order valence-corrected chi connectivity index (χ4v) is 6.13. The van der Waals surface area contributed by atoms with Crippen molar-refractivity contribution in [3.8, 4) is 5.75 Å². The lowest BCUT2D eigenvalue weighted by Crippen LogP contribution is -2.43. The molecule has 2 heterocycles. The average Bonchev–Trinajstić information content (AvgIpc) is 3.31. The van der Waals surface area contributed by atoms with Crippen molar-refractivity contribution in [2.24, 2.45) is 0 Å². The van der Waals surface area contributed by atoms with Crippen LogP contribution in [0.5, 0.6) is 5.75 Å². The number of ether oxygens (including phenoxy) is 2. The molecule has 1 aliphatic rings. The average molecular weight is 538 g/mol. The highest BCUT2D eigenvalue weighted by atomic mass is 35.5. The fourth-order valence-electron chi connectivity index (χ4n) is 3.79. The Hall–Kier alpha value is -2.24. The molecule has 1 amide bonds. The Balaban J connectivity index is 1.68. The summed E-state index contributed by atoms with van der Waals surface area (Å²) in [4.78, 5) is 22.4. The summed E-state index contributed by atoms with van der Waals surface area (Å²) in [6.45, 7) is 7.23. The first-order chi connectivity index (χ1) is 16.7. The number of fused-ring (bicyclic) bond motifs is 1. The molecular formula is C24H28ClN3O5S2. The van der Waals surface area contributed by atoms with E-state index in [4.69, 9.17) is 26.1 Å². The van der Waals surface area contributed by atoms with Crippen LogP contribution in [0.4, 0.5) is 5.13 Å². The van der Waals surface area contributed by atoms with Crippen LogP contribution in [0.1, 0.15) is 24.2 Å². The van der Waals surface area contributed by atoms with Crippen molar-refractivity contribution in [3.05, 3.63) is 47.0 Å². The molecule has 0 aliphatic carbocycles. The first-order valence-electron chi connectivity index (χ1n) is 11.3. The minimum absolute atomic E-state index is 0.195. The number of benzene rings is 2. The number of amides is 1. The van der Waals surface area contributed by atoms with Gasteiger partial charge in [-0.3, -0.25) is 14.6 Å². The molecule has 0 N–H and O–H groups in total. The number of thiazole rings is 1. The number of hydrogen-bond donors (Lipinski definition) is 0. The molecule has 11 heteroatoms. The van der Waals surface area contributed by atoms with E-state index in [2.05, 4.69) is 4.90 Å². The minimum atomic E-state index is -3.43. The van der Waals surface area contributed by atoms with E-state index in [1.165, 1.54) is 23.5 Å². The lowest BCUT2D eigenvalue weighted by atomic mass is 10.2. The van der Waals surface area contributed by atoms with E-state index in [1.807, 2.05) is 0 Å². The molecule has 35 heavy (non-hydrogen) atoms. The standard InChI is InChI=1S/C24H28ClN3O5S2/c1-16(2)35(30,31)18-6-4-17(5-7-18)23(29)28(11-10-27-12-14-33-15-13-27)24-26-21-20(32-3)9-8-19(25)22(21)34-24/h4-9,16H,10-15H2,1-3H3. The maximum Gasteiger partial charge on any atom is 0.260 e. The van der Waals surface area contributed by atoms with E-state index in [-0.39, 0.29) is 10.8 Å². The molecule has 0 atom stereocenters. The highest BCUT2D eigenvalue weighted by molar-refractivity contribution is 7.92. The van der Waals surface area contributed by atoms with Gasteiger partial charge in [-0.05, 0) is 50.2 Å². The van der Waals surface area contributed by atoms with Gasteiger partial charge in [-0.1, -0.05) is 22.9 Å². The predicted octanol–water partition coefficient (Wildman–Crippen LogP) is 4.12. The number of methoxy groups -OCH3 is 1. The highest BCUT2D eigenvalue weighted by Gasteiger charge is 2.25. The van der Waals surface area contributed by atoms with Crippen molar-refractivity contribution < 1.29 is 22.7 Å². The van der Waals surface area contributed by atoms with Gasteiger partial charge in [0.1, 0.15) is 11.3 Å². The zero-order valence-electron chi connectivity index (χ0n) is 19.9. The number of anilines is 1. The summed E-state index contributed by atoms with van der Waals surface area (Å²) >= 11 is 7.74. The van der Waals surface area contributed by atoms with Crippen LogP contribution >= 0.6 is 22.9 Å². The van der Waals surface area contributed by atoms with Gasteiger partial charge in [0.05, 0.1) is 40.2 Å². The summed E-state index contributed by atoms with van der Waals surface area (Å²) in [6.07, 6.45) is 0. The smallest absolute Gasteiger partial charge is 0.260 e. The molecule has 0 unspecified atom stereocenters. The van der Waals surface area contributed by atoms with Crippen LogP contribution in [0, 0.1) is 0 Å². The quantitative estimate of drug-likeness (QED) is 0.427. The Bertz CT molecular complexity index is 1300. The van der Waals surface area contributed by atoms with E-state index in [9.17, 15) is 13.2 Å². The van der Waals surface area contributed by atoms with Gasteiger partial charge in [-0.2, -0.15) is 0 Å². The van der Waals surface area contributed by atoms with Crippen molar-refractivity contribution in [2.75, 3.05) is 51.4 Å². The van der Waals surface area contributed by atoms with Crippen LogP contribution in [0.25, 0.3) is 10.2 Å². The number of aromatic nitrogens is 1. The summed E-state index contributed by atoms with van der Waals surface area (Å²) in [6, 6.07) is 9.59. The zero-order valence-corrected chi connectivity index (χ0v) is 22.3. The largest absolute Gasteiger partial charge is 0.494 e. The Morgan fingerprint density at radius 3 is 2.51 bits per heavy atom. The summed E-state index contributed by atoms with van der Waals surface area (Å²) < 4.78 is 36.6. The number of hydrogen-bond acceptors (Lipinski definition) is 8. The molecule has 3 aromatic rings. The molecule has 0 bridgehead atoms. The van der Waals surface area contributed by atoms with Gasteiger partial charge in [-0.15, -0.1) is 0 Å². The Morgan fingerprint density at radius 2 is 1.89 bits per heavy atom. The van der Waals surface area contributed by atoms with Crippen molar-refractivity contribution in [1.82, 2.24) is 9.88 Å². The molecule has 0 saturated carbocycles. The maximum atomic E-state index is 13.7. The normalized spacial score (nSPS) is 15.0. The maximum absolute atomic E-state index is 13.7. The molecule has 0 spiro atoms. The second-order valence-electron chi connectivity index (χ2n) is 8.45. The summed E-state index contributed by atoms with van der Waals surface area (Å²) in [7, 11) is -1.86. The Labute approximate surface area is 214 Å². The van der Waals surface area contributed by atoms with E-state index in [1.54, 1.807) is 50.1 Å². The van der Waals surface area contributed by atoms with Crippen LogP contribution in [-0.2, 0) is 14.6 Å². The molecule has 4 rings (SSSR count). The topological polar surface area (TPSA) is 89.0 Å². The number of rotatable bonds is 8. The second-order valence-corrected chi connectivity index (χ2v) is 12.3. The SMILES string of the molecule is COc1ccc(Cl)c2sc(N(CCN3CCOCC3)C(=O)c3ccc(S(=O)(=O)C(C)C)cc3)nc12. The van der Waals surface area contributed by atoms with E-state index in [0.717, 1.165) is 17.8 Å². The molecule has 1 aromatic heterocycles. The lowest BCUT2D eigenvalue weighted by molar-refractivity contribution is 0.0391. The van der Waals surface area contributed by atoms with Gasteiger partial charge in [0.2, 0.25) is 0 Å². The van der Waals surface area contributed by atoms with E-state index >= 15 is 0 Å². The zero-order chi connectivity index (χ0) is 25.2. The van der Waals surface area contributed by atoms with Crippen LogP contribution in [-0.4, -0.2) is 76.0 Å². The van der Waals surface area contributed by atoms with E-state index in [0.29, 0.717) is 53.3 Å². The van der Waals surface area contributed by atoms with Crippen molar-refractivity contribution in [2.45, 2.75) is 24.0 Å². The van der Waals surface area contributed by atoms with Gasteiger partial charge in [0.25, 0.3) is 5.91 Å². The molecule has 8 nitrogen and oxygen atoms in total. The number of halogens is 1. The van der Waals surface area contributed by atoms with Crippen molar-refractivity contribution in [3.63, 3.8) is 0 Å². The molecule has 2 aromatic carbocycles. The number of carbonyl (C=O) groups is 1. The summed E-state index contributed by atoms with van der Waals surface area (Å²) in [5.41, 5.74) is 0.981. The molecule has 1 fully saturated rings. The minimum Gasteiger partial charge on any atom is -0.494 e. The third kappa shape index (κ3) is 5.46. The van der Waals surface area contributed by atoms with Crippen LogP contribution < -0.4 is 9.64 Å². The predicted molar refractivity (Wildman–Crippen MR) is 139 cm³/mol. The van der Waals surface area contributed by atoms with Crippen LogP contribution in [0.2, 0.25) is 5.02 Å². The first kappa shape index (κ1) is 25.8. The molecule has 0 radical (unpaired) electrons. The lowest BCUT2D eigenvalue weighted by Gasteiger charge is -2.29. The Kier molecular flexibility index (Phi) is 7.97. The van der Waals surface area contributed by atoms with Gasteiger partial charge < -0.3 is 9.47 Å². The molecule has 188 valence electrons. The second kappa shape index (κ2) is 10.8. The van der Waals surface area contributed by atoms with Crippen molar-refractivity contribution >= 4 is 54.0 Å². The van der Waals surface area contributed by atoms with Crippen LogP contribution in [0.3, 0.4) is 0 Å². The van der Waals surface area contributed by atoms with E-state index < -0.39 is 15.1 Å². The Morgan fingerprint density at radius 1 is 1.20 bits per heavy atom. The van der Waals surface area contributed by atoms with Gasteiger partial charge >= 0.3 is 0 Å². The first-order valence-corrected chi connectivity index (χ1v) is 14.1.